The summed E-state index contributed by atoms with van der Waals surface area (Å²) in [6.07, 6.45) is 0. The van der Waals surface area contributed by atoms with Crippen molar-refractivity contribution in [3.63, 3.8) is 0 Å². The Hall–Kier alpha value is -3.11. The van der Waals surface area contributed by atoms with Gasteiger partial charge in [-0.3, -0.25) is 4.79 Å². The summed E-state index contributed by atoms with van der Waals surface area (Å²) < 4.78 is 5.29. The number of carbonyl (C=O) groups is 1. The summed E-state index contributed by atoms with van der Waals surface area (Å²) in [4.78, 5) is 15.0. The van der Waals surface area contributed by atoms with Crippen molar-refractivity contribution in [3.05, 3.63) is 95.1 Å². The number of rotatable bonds is 4. The first-order valence-corrected chi connectivity index (χ1v) is 8.88. The van der Waals surface area contributed by atoms with E-state index in [1.54, 1.807) is 18.1 Å². The third-order valence-corrected chi connectivity index (χ3v) is 5.05. The largest absolute Gasteiger partial charge is 0.497 e. The number of nitrogens with zero attached hydrogens (tertiary/aromatic N) is 1. The highest BCUT2D eigenvalue weighted by Crippen LogP contribution is 2.45. The number of carbonyl (C=O) groups excluding carboxylic acids is 1. The van der Waals surface area contributed by atoms with Crippen molar-refractivity contribution in [2.24, 2.45) is 0 Å². The maximum atomic E-state index is 13.4. The quantitative estimate of drug-likeness (QED) is 0.771. The van der Waals surface area contributed by atoms with E-state index in [-0.39, 0.29) is 5.91 Å². The number of ether oxygens (including phenoxy) is 1. The molecule has 0 aromatic heterocycles. The van der Waals surface area contributed by atoms with E-state index >= 15 is 0 Å². The van der Waals surface area contributed by atoms with Gasteiger partial charge in [0.25, 0.3) is 5.91 Å². The van der Waals surface area contributed by atoms with Crippen molar-refractivity contribution in [1.29, 1.82) is 0 Å². The van der Waals surface area contributed by atoms with E-state index in [2.05, 4.69) is 0 Å². The molecule has 0 saturated heterocycles. The number of benzene rings is 3. The molecule has 4 nitrogen and oxygen atoms in total. The van der Waals surface area contributed by atoms with Crippen molar-refractivity contribution < 1.29 is 14.6 Å². The molecule has 0 saturated carbocycles. The summed E-state index contributed by atoms with van der Waals surface area (Å²) in [7, 11) is 1.62. The summed E-state index contributed by atoms with van der Waals surface area (Å²) in [6.45, 7) is 2.31. The Balaban J connectivity index is 1.80. The lowest BCUT2D eigenvalue weighted by molar-refractivity contribution is -0.132. The van der Waals surface area contributed by atoms with Gasteiger partial charge in [0.15, 0.2) is 5.60 Å². The van der Waals surface area contributed by atoms with Crippen LogP contribution < -0.4 is 9.64 Å². The lowest BCUT2D eigenvalue weighted by atomic mass is 9.87. The van der Waals surface area contributed by atoms with Crippen LogP contribution >= 0.6 is 0 Å². The molecule has 3 aromatic rings. The molecule has 1 aliphatic heterocycles. The third-order valence-electron chi connectivity index (χ3n) is 5.05. The fraction of sp³-hybridized carbons (Fsp3) is 0.174. The maximum Gasteiger partial charge on any atom is 0.268 e. The second-order valence-corrected chi connectivity index (χ2v) is 6.84. The Morgan fingerprint density at radius 2 is 1.78 bits per heavy atom. The fourth-order valence-corrected chi connectivity index (χ4v) is 3.69. The highest BCUT2D eigenvalue weighted by molar-refractivity contribution is 6.09. The number of fused-ring (bicyclic) bond motifs is 1. The minimum atomic E-state index is -1.68. The zero-order valence-corrected chi connectivity index (χ0v) is 15.3. The van der Waals surface area contributed by atoms with Crippen molar-refractivity contribution in [2.45, 2.75) is 19.1 Å². The molecule has 0 radical (unpaired) electrons. The standard InChI is InChI=1S/C23H21NO3/c1-16-7-5-9-18(13-16)23(26)20-11-3-4-12-21(20)24(22(23)25)15-17-8-6-10-19(14-17)27-2/h3-14,26H,15H2,1-2H3. The Morgan fingerprint density at radius 1 is 1.00 bits per heavy atom. The Bertz CT molecular complexity index is 1010. The number of methoxy groups -OCH3 is 1. The predicted octanol–water partition coefficient (Wildman–Crippen LogP) is 3.79. The zero-order valence-electron chi connectivity index (χ0n) is 15.3. The van der Waals surface area contributed by atoms with Gasteiger partial charge in [-0.2, -0.15) is 0 Å². The maximum absolute atomic E-state index is 13.4. The van der Waals surface area contributed by atoms with Gasteiger partial charge in [-0.1, -0.05) is 60.2 Å². The first-order chi connectivity index (χ1) is 13.0. The van der Waals surface area contributed by atoms with E-state index < -0.39 is 5.60 Å². The van der Waals surface area contributed by atoms with Crippen LogP contribution in [0.4, 0.5) is 5.69 Å². The van der Waals surface area contributed by atoms with Gasteiger partial charge in [-0.25, -0.2) is 0 Å². The highest BCUT2D eigenvalue weighted by Gasteiger charge is 2.50. The predicted molar refractivity (Wildman–Crippen MR) is 105 cm³/mol. The Labute approximate surface area is 158 Å². The lowest BCUT2D eigenvalue weighted by Crippen LogP contribution is -2.40. The summed E-state index contributed by atoms with van der Waals surface area (Å²) in [5, 5.41) is 11.5. The van der Waals surface area contributed by atoms with E-state index in [0.29, 0.717) is 17.7 Å². The van der Waals surface area contributed by atoms with Gasteiger partial charge in [0.2, 0.25) is 0 Å². The Morgan fingerprint density at radius 3 is 2.56 bits per heavy atom. The number of hydrogen-bond acceptors (Lipinski definition) is 3. The number of hydrogen-bond donors (Lipinski definition) is 1. The molecule has 1 amide bonds. The molecule has 0 spiro atoms. The zero-order chi connectivity index (χ0) is 19.0. The van der Waals surface area contributed by atoms with Crippen molar-refractivity contribution in [3.8, 4) is 5.75 Å². The fourth-order valence-electron chi connectivity index (χ4n) is 3.69. The van der Waals surface area contributed by atoms with E-state index in [9.17, 15) is 9.90 Å². The van der Waals surface area contributed by atoms with E-state index in [0.717, 1.165) is 22.6 Å². The SMILES string of the molecule is COc1cccc(CN2C(=O)C(O)(c3cccc(C)c3)c3ccccc32)c1. The monoisotopic (exact) mass is 359 g/mol. The third kappa shape index (κ3) is 2.78. The molecule has 0 bridgehead atoms. The number of aliphatic hydroxyl groups is 1. The molecule has 0 fully saturated rings. The minimum absolute atomic E-state index is 0.336. The van der Waals surface area contributed by atoms with Gasteiger partial charge in [-0.05, 0) is 36.2 Å². The van der Waals surface area contributed by atoms with Crippen molar-refractivity contribution in [1.82, 2.24) is 0 Å². The molecular weight excluding hydrogens is 338 g/mol. The molecule has 4 rings (SSSR count). The smallest absolute Gasteiger partial charge is 0.268 e. The van der Waals surface area contributed by atoms with E-state index in [1.807, 2.05) is 73.7 Å². The second kappa shape index (κ2) is 6.56. The van der Waals surface area contributed by atoms with Crippen LogP contribution in [0.2, 0.25) is 0 Å². The molecule has 1 unspecified atom stereocenters. The lowest BCUT2D eigenvalue weighted by Gasteiger charge is -2.24. The summed E-state index contributed by atoms with van der Waals surface area (Å²) in [5.41, 5.74) is 2.19. The average Bonchev–Trinajstić information content (AvgIpc) is 2.91. The van der Waals surface area contributed by atoms with Gasteiger partial charge in [0, 0.05) is 5.56 Å². The van der Waals surface area contributed by atoms with E-state index in [4.69, 9.17) is 4.74 Å². The average molecular weight is 359 g/mol. The molecule has 1 atom stereocenters. The first-order valence-electron chi connectivity index (χ1n) is 8.88. The highest BCUT2D eigenvalue weighted by atomic mass is 16.5. The van der Waals surface area contributed by atoms with Crippen LogP contribution in [0, 0.1) is 6.92 Å². The topological polar surface area (TPSA) is 49.8 Å². The number of aryl methyl sites for hydroxylation is 1. The number of amides is 1. The molecule has 1 aliphatic rings. The number of para-hydroxylation sites is 1. The van der Waals surface area contributed by atoms with Crippen LogP contribution in [0.15, 0.2) is 72.8 Å². The van der Waals surface area contributed by atoms with Crippen molar-refractivity contribution >= 4 is 11.6 Å². The molecule has 27 heavy (non-hydrogen) atoms. The first kappa shape index (κ1) is 17.3. The van der Waals surface area contributed by atoms with Gasteiger partial charge in [0.05, 0.1) is 19.3 Å². The van der Waals surface area contributed by atoms with Crippen molar-refractivity contribution in [2.75, 3.05) is 12.0 Å². The number of anilines is 1. The van der Waals surface area contributed by atoms with Crippen LogP contribution in [0.1, 0.15) is 22.3 Å². The van der Waals surface area contributed by atoms with Gasteiger partial charge in [0.1, 0.15) is 5.75 Å². The van der Waals surface area contributed by atoms with Crippen LogP contribution in [0.3, 0.4) is 0 Å². The molecule has 0 aliphatic carbocycles. The van der Waals surface area contributed by atoms with Crippen LogP contribution in [-0.4, -0.2) is 18.1 Å². The molecule has 3 aromatic carbocycles. The van der Waals surface area contributed by atoms with Gasteiger partial charge < -0.3 is 14.7 Å². The van der Waals surface area contributed by atoms with Gasteiger partial charge >= 0.3 is 0 Å². The van der Waals surface area contributed by atoms with Gasteiger partial charge in [-0.15, -0.1) is 0 Å². The normalized spacial score (nSPS) is 18.5. The summed E-state index contributed by atoms with van der Waals surface area (Å²) >= 11 is 0. The molecular formula is C23H21NO3. The molecule has 4 heteroatoms. The summed E-state index contributed by atoms with van der Waals surface area (Å²) in [6, 6.07) is 22.5. The minimum Gasteiger partial charge on any atom is -0.497 e. The van der Waals surface area contributed by atoms with Crippen LogP contribution in [-0.2, 0) is 16.9 Å². The molecule has 1 N–H and O–H groups in total. The second-order valence-electron chi connectivity index (χ2n) is 6.84. The summed E-state index contributed by atoms with van der Waals surface area (Å²) in [5.74, 6) is 0.401. The van der Waals surface area contributed by atoms with Crippen LogP contribution in [0.5, 0.6) is 5.75 Å². The molecule has 136 valence electrons. The Kier molecular flexibility index (Phi) is 4.21. The molecule has 1 heterocycles. The van der Waals surface area contributed by atoms with E-state index in [1.165, 1.54) is 0 Å². The van der Waals surface area contributed by atoms with Crippen LogP contribution in [0.25, 0.3) is 0 Å².